The van der Waals surface area contributed by atoms with Gasteiger partial charge in [0.1, 0.15) is 5.75 Å². The van der Waals surface area contributed by atoms with Crippen molar-refractivity contribution < 1.29 is 13.2 Å². The van der Waals surface area contributed by atoms with E-state index in [1.165, 1.54) is 6.20 Å². The van der Waals surface area contributed by atoms with Crippen LogP contribution in [0.3, 0.4) is 0 Å². The molecule has 0 saturated carbocycles. The van der Waals surface area contributed by atoms with E-state index < -0.39 is 10.0 Å². The summed E-state index contributed by atoms with van der Waals surface area (Å²) < 4.78 is 32.7. The number of anilines is 1. The SMILES string of the molecule is CCC(C)Oc1cccc(NS(=O)(=O)c2cnc(Cl)s2)c1. The summed E-state index contributed by atoms with van der Waals surface area (Å²) in [6, 6.07) is 6.82. The van der Waals surface area contributed by atoms with Crippen LogP contribution in [-0.4, -0.2) is 19.5 Å². The van der Waals surface area contributed by atoms with E-state index in [0.29, 0.717) is 11.4 Å². The van der Waals surface area contributed by atoms with Gasteiger partial charge in [-0.25, -0.2) is 13.4 Å². The van der Waals surface area contributed by atoms with Gasteiger partial charge >= 0.3 is 0 Å². The highest BCUT2D eigenvalue weighted by molar-refractivity contribution is 7.94. The van der Waals surface area contributed by atoms with Crippen LogP contribution in [0.25, 0.3) is 0 Å². The molecule has 0 radical (unpaired) electrons. The van der Waals surface area contributed by atoms with Crippen LogP contribution in [0, 0.1) is 0 Å². The quantitative estimate of drug-likeness (QED) is 0.864. The van der Waals surface area contributed by atoms with E-state index in [4.69, 9.17) is 16.3 Å². The van der Waals surface area contributed by atoms with Gasteiger partial charge in [0.2, 0.25) is 0 Å². The third-order valence-corrected chi connectivity index (χ3v) is 5.68. The summed E-state index contributed by atoms with van der Waals surface area (Å²) in [6.07, 6.45) is 2.17. The molecule has 1 heterocycles. The van der Waals surface area contributed by atoms with E-state index in [1.807, 2.05) is 13.8 Å². The molecular formula is C13H15ClN2O3S2. The highest BCUT2D eigenvalue weighted by Crippen LogP contribution is 2.26. The van der Waals surface area contributed by atoms with Gasteiger partial charge in [0.05, 0.1) is 18.0 Å². The van der Waals surface area contributed by atoms with Gasteiger partial charge in [-0.15, -0.1) is 0 Å². The summed E-state index contributed by atoms with van der Waals surface area (Å²) in [6.45, 7) is 3.97. The number of hydrogen-bond acceptors (Lipinski definition) is 5. The minimum Gasteiger partial charge on any atom is -0.491 e. The highest BCUT2D eigenvalue weighted by atomic mass is 35.5. The molecule has 1 unspecified atom stereocenters. The van der Waals surface area contributed by atoms with E-state index in [1.54, 1.807) is 24.3 Å². The summed E-state index contributed by atoms with van der Waals surface area (Å²) in [5.41, 5.74) is 0.431. The van der Waals surface area contributed by atoms with Crippen molar-refractivity contribution in [1.82, 2.24) is 4.98 Å². The number of nitrogens with zero attached hydrogens (tertiary/aromatic N) is 1. The third-order valence-electron chi connectivity index (χ3n) is 2.72. The minimum atomic E-state index is -3.68. The Morgan fingerprint density at radius 2 is 2.24 bits per heavy atom. The molecule has 0 aliphatic heterocycles. The molecule has 1 atom stereocenters. The second kappa shape index (κ2) is 6.64. The van der Waals surface area contributed by atoms with Crippen LogP contribution >= 0.6 is 22.9 Å². The summed E-state index contributed by atoms with van der Waals surface area (Å²) in [5.74, 6) is 0.617. The van der Waals surface area contributed by atoms with Crippen molar-refractivity contribution in [2.24, 2.45) is 0 Å². The lowest BCUT2D eigenvalue weighted by Crippen LogP contribution is -2.12. The molecule has 0 bridgehead atoms. The van der Waals surface area contributed by atoms with E-state index >= 15 is 0 Å². The zero-order chi connectivity index (χ0) is 15.5. The van der Waals surface area contributed by atoms with E-state index in [-0.39, 0.29) is 14.8 Å². The number of ether oxygens (including phenoxy) is 1. The predicted octanol–water partition coefficient (Wildman–Crippen LogP) is 3.77. The first-order valence-corrected chi connectivity index (χ1v) is 8.99. The van der Waals surface area contributed by atoms with Gasteiger partial charge in [0.25, 0.3) is 10.0 Å². The van der Waals surface area contributed by atoms with E-state index in [2.05, 4.69) is 9.71 Å². The highest BCUT2D eigenvalue weighted by Gasteiger charge is 2.18. The Hall–Kier alpha value is -1.31. The fraction of sp³-hybridized carbons (Fsp3) is 0.308. The van der Waals surface area contributed by atoms with Gasteiger partial charge in [-0.1, -0.05) is 35.9 Å². The Morgan fingerprint density at radius 1 is 1.48 bits per heavy atom. The Labute approximate surface area is 133 Å². The molecule has 0 aliphatic carbocycles. The normalized spacial score (nSPS) is 12.9. The molecule has 8 heteroatoms. The Kier molecular flexibility index (Phi) is 5.08. The molecule has 2 rings (SSSR count). The zero-order valence-electron chi connectivity index (χ0n) is 11.5. The molecule has 0 saturated heterocycles. The van der Waals surface area contributed by atoms with Crippen molar-refractivity contribution in [2.75, 3.05) is 4.72 Å². The maximum atomic E-state index is 12.2. The topological polar surface area (TPSA) is 68.3 Å². The standard InChI is InChI=1S/C13H15ClN2O3S2/c1-3-9(2)19-11-6-4-5-10(7-11)16-21(17,18)12-8-15-13(14)20-12/h4-9,16H,3H2,1-2H3. The van der Waals surface area contributed by atoms with Gasteiger partial charge in [0, 0.05) is 6.07 Å². The first-order valence-electron chi connectivity index (χ1n) is 6.31. The van der Waals surface area contributed by atoms with Crippen LogP contribution in [-0.2, 0) is 10.0 Å². The monoisotopic (exact) mass is 346 g/mol. The van der Waals surface area contributed by atoms with Crippen LogP contribution in [0.4, 0.5) is 5.69 Å². The molecule has 2 aromatic rings. The average Bonchev–Trinajstić information content (AvgIpc) is 2.86. The van der Waals surface area contributed by atoms with Crippen LogP contribution in [0.5, 0.6) is 5.75 Å². The maximum absolute atomic E-state index is 12.2. The molecule has 1 N–H and O–H groups in total. The van der Waals surface area contributed by atoms with Gasteiger partial charge in [-0.05, 0) is 25.5 Å². The molecule has 0 fully saturated rings. The first kappa shape index (κ1) is 16.1. The van der Waals surface area contributed by atoms with Gasteiger partial charge in [-0.3, -0.25) is 4.72 Å². The number of rotatable bonds is 6. The molecule has 1 aromatic carbocycles. The lowest BCUT2D eigenvalue weighted by molar-refractivity contribution is 0.217. The van der Waals surface area contributed by atoms with Crippen LogP contribution in [0.2, 0.25) is 4.47 Å². The van der Waals surface area contributed by atoms with Crippen molar-refractivity contribution >= 4 is 38.6 Å². The molecule has 0 aliphatic rings. The Bertz CT molecular complexity index is 716. The number of thiazole rings is 1. The van der Waals surface area contributed by atoms with Crippen molar-refractivity contribution in [1.29, 1.82) is 0 Å². The number of sulfonamides is 1. The van der Waals surface area contributed by atoms with Crippen molar-refractivity contribution in [3.8, 4) is 5.75 Å². The summed E-state index contributed by atoms with van der Waals surface area (Å²) in [5, 5.41) is 0. The van der Waals surface area contributed by atoms with Crippen LogP contribution in [0.15, 0.2) is 34.7 Å². The van der Waals surface area contributed by atoms with Crippen LogP contribution in [0.1, 0.15) is 20.3 Å². The fourth-order valence-corrected chi connectivity index (χ4v) is 3.86. The lowest BCUT2D eigenvalue weighted by atomic mass is 10.3. The van der Waals surface area contributed by atoms with Gasteiger partial charge in [0.15, 0.2) is 8.68 Å². The Balaban J connectivity index is 2.18. The number of benzene rings is 1. The lowest BCUT2D eigenvalue weighted by Gasteiger charge is -2.13. The molecular weight excluding hydrogens is 332 g/mol. The molecule has 5 nitrogen and oxygen atoms in total. The molecule has 1 aromatic heterocycles. The van der Waals surface area contributed by atoms with Crippen molar-refractivity contribution in [2.45, 2.75) is 30.6 Å². The number of aromatic nitrogens is 1. The molecule has 0 spiro atoms. The van der Waals surface area contributed by atoms with Crippen molar-refractivity contribution in [3.05, 3.63) is 34.9 Å². The molecule has 114 valence electrons. The number of nitrogens with one attached hydrogen (secondary N) is 1. The fourth-order valence-electron chi connectivity index (χ4n) is 1.52. The third kappa shape index (κ3) is 4.33. The largest absolute Gasteiger partial charge is 0.491 e. The zero-order valence-corrected chi connectivity index (χ0v) is 13.9. The predicted molar refractivity (Wildman–Crippen MR) is 84.8 cm³/mol. The summed E-state index contributed by atoms with van der Waals surface area (Å²) in [4.78, 5) is 3.73. The van der Waals surface area contributed by atoms with E-state index in [9.17, 15) is 8.42 Å². The smallest absolute Gasteiger partial charge is 0.273 e. The first-order chi connectivity index (χ1) is 9.90. The number of halogens is 1. The van der Waals surface area contributed by atoms with Crippen molar-refractivity contribution in [3.63, 3.8) is 0 Å². The van der Waals surface area contributed by atoms with Gasteiger partial charge in [-0.2, -0.15) is 0 Å². The number of hydrogen-bond donors (Lipinski definition) is 1. The molecule has 0 amide bonds. The second-order valence-electron chi connectivity index (χ2n) is 4.40. The summed E-state index contributed by atoms with van der Waals surface area (Å²) >= 11 is 6.57. The Morgan fingerprint density at radius 3 is 2.86 bits per heavy atom. The maximum Gasteiger partial charge on any atom is 0.273 e. The van der Waals surface area contributed by atoms with E-state index in [0.717, 1.165) is 17.8 Å². The second-order valence-corrected chi connectivity index (χ2v) is 7.92. The molecule has 21 heavy (non-hydrogen) atoms. The van der Waals surface area contributed by atoms with Crippen LogP contribution < -0.4 is 9.46 Å². The average molecular weight is 347 g/mol. The minimum absolute atomic E-state index is 0.0668. The van der Waals surface area contributed by atoms with Gasteiger partial charge < -0.3 is 4.74 Å². The summed E-state index contributed by atoms with van der Waals surface area (Å²) in [7, 11) is -3.68.